The second-order valence-electron chi connectivity index (χ2n) is 5.22. The first-order valence-corrected chi connectivity index (χ1v) is 6.72. The Labute approximate surface area is 118 Å². The van der Waals surface area contributed by atoms with E-state index in [1.165, 1.54) is 0 Å². The van der Waals surface area contributed by atoms with Crippen molar-refractivity contribution in [3.63, 3.8) is 0 Å². The maximum atomic E-state index is 12.8. The molecule has 0 saturated carbocycles. The molecule has 1 aliphatic rings. The van der Waals surface area contributed by atoms with Gasteiger partial charge in [0.25, 0.3) is 5.91 Å². The van der Waals surface area contributed by atoms with E-state index in [1.54, 1.807) is 23.6 Å². The molecule has 1 aromatic rings. The van der Waals surface area contributed by atoms with Gasteiger partial charge in [-0.1, -0.05) is 0 Å². The van der Waals surface area contributed by atoms with Crippen LogP contribution in [0.2, 0.25) is 0 Å². The lowest BCUT2D eigenvalue weighted by Gasteiger charge is -2.27. The van der Waals surface area contributed by atoms with E-state index in [2.05, 4.69) is 10.4 Å². The molecular weight excluding hydrogens is 258 g/mol. The van der Waals surface area contributed by atoms with Crippen LogP contribution in [0.4, 0.5) is 0 Å². The molecule has 0 aromatic carbocycles. The molecule has 2 rings (SSSR count). The number of aryl methyl sites for hydroxylation is 2. The number of hydrogen-bond donors (Lipinski definition) is 2. The van der Waals surface area contributed by atoms with Crippen molar-refractivity contribution in [1.82, 2.24) is 20.0 Å². The number of carbonyl (C=O) groups is 2. The van der Waals surface area contributed by atoms with Gasteiger partial charge in [0.05, 0.1) is 17.8 Å². The maximum absolute atomic E-state index is 12.8. The zero-order valence-electron chi connectivity index (χ0n) is 12.1. The molecule has 1 fully saturated rings. The number of aromatic nitrogens is 2. The summed E-state index contributed by atoms with van der Waals surface area (Å²) in [4.78, 5) is 25.6. The van der Waals surface area contributed by atoms with Crippen LogP contribution in [0.3, 0.4) is 0 Å². The number of primary amides is 1. The van der Waals surface area contributed by atoms with Gasteiger partial charge in [0.2, 0.25) is 5.91 Å². The second-order valence-corrected chi connectivity index (χ2v) is 5.22. The fraction of sp³-hybridized carbons (Fsp3) is 0.615. The number of amides is 2. The molecule has 3 N–H and O–H groups in total. The van der Waals surface area contributed by atoms with Gasteiger partial charge in [-0.2, -0.15) is 5.10 Å². The summed E-state index contributed by atoms with van der Waals surface area (Å²) in [5.74, 6) is -0.662. The average Bonchev–Trinajstić information content (AvgIpc) is 2.96. The molecule has 0 radical (unpaired) electrons. The Hall–Kier alpha value is -1.89. The van der Waals surface area contributed by atoms with Crippen LogP contribution < -0.4 is 11.1 Å². The molecule has 1 saturated heterocycles. The molecule has 0 spiro atoms. The predicted molar refractivity (Wildman–Crippen MR) is 74.2 cm³/mol. The van der Waals surface area contributed by atoms with Gasteiger partial charge in [-0.3, -0.25) is 14.3 Å². The monoisotopic (exact) mass is 279 g/mol. The fourth-order valence-corrected chi connectivity index (χ4v) is 2.67. The fourth-order valence-electron chi connectivity index (χ4n) is 2.67. The van der Waals surface area contributed by atoms with Crippen LogP contribution in [0, 0.1) is 13.8 Å². The molecule has 1 atom stereocenters. The predicted octanol–water partition coefficient (Wildman–Crippen LogP) is -0.674. The van der Waals surface area contributed by atoms with Gasteiger partial charge in [-0.25, -0.2) is 0 Å². The van der Waals surface area contributed by atoms with Crippen molar-refractivity contribution in [1.29, 1.82) is 0 Å². The summed E-state index contributed by atoms with van der Waals surface area (Å²) >= 11 is 0. The summed E-state index contributed by atoms with van der Waals surface area (Å²) in [6.07, 6.45) is 0.831. The Morgan fingerprint density at radius 2 is 2.20 bits per heavy atom. The molecule has 1 aromatic heterocycles. The highest BCUT2D eigenvalue weighted by molar-refractivity contribution is 5.98. The van der Waals surface area contributed by atoms with Crippen molar-refractivity contribution in [2.75, 3.05) is 19.6 Å². The molecule has 110 valence electrons. The summed E-state index contributed by atoms with van der Waals surface area (Å²) in [6.45, 7) is 5.13. The molecule has 0 bridgehead atoms. The van der Waals surface area contributed by atoms with Crippen LogP contribution in [0.25, 0.3) is 0 Å². The lowest BCUT2D eigenvalue weighted by Crippen LogP contribution is -2.46. The first-order chi connectivity index (χ1) is 9.41. The van der Waals surface area contributed by atoms with E-state index < -0.39 is 5.91 Å². The number of carbonyl (C=O) groups excluding carboxylic acids is 2. The third-order valence-electron chi connectivity index (χ3n) is 3.78. The van der Waals surface area contributed by atoms with Crippen molar-refractivity contribution in [3.8, 4) is 0 Å². The molecule has 2 heterocycles. The van der Waals surface area contributed by atoms with Crippen molar-refractivity contribution in [2.24, 2.45) is 12.8 Å². The van der Waals surface area contributed by atoms with Gasteiger partial charge in [0.15, 0.2) is 0 Å². The minimum Gasteiger partial charge on any atom is -0.368 e. The minimum absolute atomic E-state index is 0.00834. The largest absolute Gasteiger partial charge is 0.368 e. The lowest BCUT2D eigenvalue weighted by atomic mass is 10.1. The quantitative estimate of drug-likeness (QED) is 0.764. The second kappa shape index (κ2) is 5.62. The van der Waals surface area contributed by atoms with Crippen LogP contribution in [0.1, 0.15) is 28.2 Å². The standard InChI is InChI=1S/C13H21N5O2/c1-8-12(9(2)17(3)16-8)13(20)18(7-11(14)19)10-4-5-15-6-10/h10,15H,4-7H2,1-3H3,(H2,14,19). The summed E-state index contributed by atoms with van der Waals surface area (Å²) < 4.78 is 1.68. The van der Waals surface area contributed by atoms with E-state index in [0.29, 0.717) is 17.8 Å². The molecule has 2 amide bonds. The lowest BCUT2D eigenvalue weighted by molar-refractivity contribution is -0.119. The van der Waals surface area contributed by atoms with E-state index in [9.17, 15) is 9.59 Å². The number of nitrogens with one attached hydrogen (secondary N) is 1. The number of hydrogen-bond acceptors (Lipinski definition) is 4. The zero-order valence-corrected chi connectivity index (χ0v) is 12.1. The average molecular weight is 279 g/mol. The third-order valence-corrected chi connectivity index (χ3v) is 3.78. The summed E-state index contributed by atoms with van der Waals surface area (Å²) in [7, 11) is 1.80. The zero-order chi connectivity index (χ0) is 14.9. The minimum atomic E-state index is -0.496. The molecule has 1 aliphatic heterocycles. The smallest absolute Gasteiger partial charge is 0.258 e. The van der Waals surface area contributed by atoms with Gasteiger partial charge in [0.1, 0.15) is 0 Å². The maximum Gasteiger partial charge on any atom is 0.258 e. The van der Waals surface area contributed by atoms with Crippen LogP contribution in [-0.2, 0) is 11.8 Å². The highest BCUT2D eigenvalue weighted by Crippen LogP contribution is 2.18. The Morgan fingerprint density at radius 3 is 2.65 bits per heavy atom. The number of rotatable bonds is 4. The Morgan fingerprint density at radius 1 is 1.50 bits per heavy atom. The van der Waals surface area contributed by atoms with Gasteiger partial charge in [-0.05, 0) is 26.8 Å². The SMILES string of the molecule is Cc1nn(C)c(C)c1C(=O)N(CC(N)=O)C1CCNC1. The molecule has 7 nitrogen and oxygen atoms in total. The molecule has 1 unspecified atom stereocenters. The van der Waals surface area contributed by atoms with E-state index in [0.717, 1.165) is 18.7 Å². The Bertz CT molecular complexity index is 531. The van der Waals surface area contributed by atoms with Crippen molar-refractivity contribution in [2.45, 2.75) is 26.3 Å². The summed E-state index contributed by atoms with van der Waals surface area (Å²) in [5.41, 5.74) is 7.33. The highest BCUT2D eigenvalue weighted by Gasteiger charge is 2.31. The van der Waals surface area contributed by atoms with E-state index in [4.69, 9.17) is 5.73 Å². The van der Waals surface area contributed by atoms with E-state index in [-0.39, 0.29) is 18.5 Å². The molecule has 20 heavy (non-hydrogen) atoms. The van der Waals surface area contributed by atoms with Gasteiger partial charge >= 0.3 is 0 Å². The van der Waals surface area contributed by atoms with Gasteiger partial charge in [0, 0.05) is 25.3 Å². The summed E-state index contributed by atoms with van der Waals surface area (Å²) in [5, 5.41) is 7.46. The van der Waals surface area contributed by atoms with Crippen molar-refractivity contribution < 1.29 is 9.59 Å². The molecule has 0 aliphatic carbocycles. The normalized spacial score (nSPS) is 18.2. The van der Waals surface area contributed by atoms with Crippen LogP contribution in [0.5, 0.6) is 0 Å². The number of nitrogens with zero attached hydrogens (tertiary/aromatic N) is 3. The highest BCUT2D eigenvalue weighted by atomic mass is 16.2. The van der Waals surface area contributed by atoms with Gasteiger partial charge < -0.3 is 16.0 Å². The molecular formula is C13H21N5O2. The number of nitrogens with two attached hydrogens (primary N) is 1. The first-order valence-electron chi connectivity index (χ1n) is 6.72. The van der Waals surface area contributed by atoms with Crippen molar-refractivity contribution >= 4 is 11.8 Å². The Balaban J connectivity index is 2.32. The van der Waals surface area contributed by atoms with E-state index in [1.807, 2.05) is 6.92 Å². The van der Waals surface area contributed by atoms with Crippen LogP contribution >= 0.6 is 0 Å². The van der Waals surface area contributed by atoms with Crippen LogP contribution in [0.15, 0.2) is 0 Å². The van der Waals surface area contributed by atoms with Gasteiger partial charge in [-0.15, -0.1) is 0 Å². The Kier molecular flexibility index (Phi) is 4.08. The van der Waals surface area contributed by atoms with E-state index >= 15 is 0 Å². The van der Waals surface area contributed by atoms with Crippen molar-refractivity contribution in [3.05, 3.63) is 17.0 Å². The van der Waals surface area contributed by atoms with Crippen LogP contribution in [-0.4, -0.2) is 52.2 Å². The first kappa shape index (κ1) is 14.5. The summed E-state index contributed by atoms with van der Waals surface area (Å²) in [6, 6.07) is 0.00834. The topological polar surface area (TPSA) is 93.2 Å². The molecule has 7 heteroatoms. The third kappa shape index (κ3) is 2.67.